The van der Waals surface area contributed by atoms with Crippen LogP contribution in [0.15, 0.2) is 66.3 Å². The third kappa shape index (κ3) is 4.00. The molecule has 1 heterocycles. The van der Waals surface area contributed by atoms with Crippen LogP contribution in [0.25, 0.3) is 6.08 Å². The lowest BCUT2D eigenvalue weighted by molar-refractivity contribution is -0.111. The van der Waals surface area contributed by atoms with Gasteiger partial charge in [0, 0.05) is 17.3 Å². The van der Waals surface area contributed by atoms with E-state index in [2.05, 4.69) is 10.1 Å². The molecule has 0 aliphatic carbocycles. The van der Waals surface area contributed by atoms with E-state index in [4.69, 9.17) is 4.74 Å². The molecule has 0 bridgehead atoms. The van der Waals surface area contributed by atoms with E-state index >= 15 is 0 Å². The Bertz CT molecular complexity index is 881. The molecular formula is C21H19NO4. The zero-order valence-electron chi connectivity index (χ0n) is 14.6. The van der Waals surface area contributed by atoms with E-state index in [-0.39, 0.29) is 12.0 Å². The van der Waals surface area contributed by atoms with Crippen molar-refractivity contribution in [3.05, 3.63) is 77.4 Å². The average Bonchev–Trinajstić information content (AvgIpc) is 2.66. The number of amides is 1. The number of hydrogen-bond acceptors (Lipinski definition) is 4. The number of para-hydroxylation sites is 1. The first-order valence-corrected chi connectivity index (χ1v) is 8.21. The zero-order chi connectivity index (χ0) is 18.5. The smallest absolute Gasteiger partial charge is 0.337 e. The highest BCUT2D eigenvalue weighted by molar-refractivity contribution is 6.00. The van der Waals surface area contributed by atoms with E-state index in [0.717, 1.165) is 16.9 Å². The molecule has 1 amide bonds. The van der Waals surface area contributed by atoms with Gasteiger partial charge in [-0.1, -0.05) is 18.2 Å². The molecule has 2 aromatic carbocycles. The van der Waals surface area contributed by atoms with Crippen LogP contribution in [-0.4, -0.2) is 25.1 Å². The van der Waals surface area contributed by atoms with Crippen LogP contribution in [0.2, 0.25) is 0 Å². The van der Waals surface area contributed by atoms with Crippen molar-refractivity contribution in [2.24, 2.45) is 0 Å². The highest BCUT2D eigenvalue weighted by Gasteiger charge is 2.16. The minimum absolute atomic E-state index is 0.131. The lowest BCUT2D eigenvalue weighted by Crippen LogP contribution is -2.18. The van der Waals surface area contributed by atoms with Gasteiger partial charge in [0.1, 0.15) is 11.9 Å². The Balaban J connectivity index is 1.66. The Kier molecular flexibility index (Phi) is 5.17. The fourth-order valence-electron chi connectivity index (χ4n) is 2.61. The molecule has 1 N–H and O–H groups in total. The number of carbonyl (C=O) groups excluding carboxylic acids is 2. The van der Waals surface area contributed by atoms with Crippen LogP contribution in [0.4, 0.5) is 5.69 Å². The van der Waals surface area contributed by atoms with Gasteiger partial charge >= 0.3 is 5.97 Å². The Morgan fingerprint density at radius 3 is 2.58 bits per heavy atom. The average molecular weight is 349 g/mol. The molecule has 26 heavy (non-hydrogen) atoms. The van der Waals surface area contributed by atoms with Crippen molar-refractivity contribution in [2.45, 2.75) is 13.0 Å². The van der Waals surface area contributed by atoms with Crippen molar-refractivity contribution >= 4 is 23.6 Å². The first-order valence-electron chi connectivity index (χ1n) is 8.21. The minimum atomic E-state index is -0.415. The predicted octanol–water partition coefficient (Wildman–Crippen LogP) is 3.83. The summed E-state index contributed by atoms with van der Waals surface area (Å²) in [5.74, 6) is 0.163. The summed E-state index contributed by atoms with van der Waals surface area (Å²) in [5, 5.41) is 2.75. The number of rotatable bonds is 4. The van der Waals surface area contributed by atoms with Crippen LogP contribution in [0, 0.1) is 0 Å². The van der Waals surface area contributed by atoms with Crippen LogP contribution < -0.4 is 10.1 Å². The van der Waals surface area contributed by atoms with Gasteiger partial charge in [0.2, 0.25) is 5.91 Å². The second-order valence-electron chi connectivity index (χ2n) is 5.83. The topological polar surface area (TPSA) is 64.6 Å². The molecule has 0 radical (unpaired) electrons. The van der Waals surface area contributed by atoms with Crippen LogP contribution in [-0.2, 0) is 9.53 Å². The van der Waals surface area contributed by atoms with E-state index < -0.39 is 5.97 Å². The first kappa shape index (κ1) is 17.5. The Labute approximate surface area is 151 Å². The maximum absolute atomic E-state index is 12.1. The van der Waals surface area contributed by atoms with Crippen molar-refractivity contribution in [1.82, 2.24) is 0 Å². The number of anilines is 1. The zero-order valence-corrected chi connectivity index (χ0v) is 14.6. The standard InChI is InChI=1S/C21H19NO4/c1-14-16(13-17-5-3-4-6-19(17)26-14)9-12-20(23)22-18-10-7-15(8-11-18)21(24)25-2/h3-14H,1-2H3,(H,22,23). The molecule has 1 unspecified atom stereocenters. The fourth-order valence-corrected chi connectivity index (χ4v) is 2.61. The molecule has 3 rings (SSSR count). The van der Waals surface area contributed by atoms with Gasteiger partial charge in [-0.2, -0.15) is 0 Å². The van der Waals surface area contributed by atoms with E-state index in [9.17, 15) is 9.59 Å². The summed E-state index contributed by atoms with van der Waals surface area (Å²) in [6.45, 7) is 1.94. The molecule has 5 heteroatoms. The van der Waals surface area contributed by atoms with E-state index in [1.165, 1.54) is 13.2 Å². The number of esters is 1. The molecule has 1 aliphatic heterocycles. The highest BCUT2D eigenvalue weighted by atomic mass is 16.5. The largest absolute Gasteiger partial charge is 0.485 e. The highest BCUT2D eigenvalue weighted by Crippen LogP contribution is 2.29. The maximum Gasteiger partial charge on any atom is 0.337 e. The van der Waals surface area contributed by atoms with Crippen LogP contribution in [0.1, 0.15) is 22.8 Å². The number of fused-ring (bicyclic) bond motifs is 1. The minimum Gasteiger partial charge on any atom is -0.485 e. The second-order valence-corrected chi connectivity index (χ2v) is 5.83. The number of benzene rings is 2. The summed E-state index contributed by atoms with van der Waals surface area (Å²) in [5.41, 5.74) is 2.93. The molecule has 0 fully saturated rings. The molecule has 1 aliphatic rings. The Morgan fingerprint density at radius 1 is 1.12 bits per heavy atom. The van der Waals surface area contributed by atoms with Gasteiger partial charge in [-0.25, -0.2) is 4.79 Å². The van der Waals surface area contributed by atoms with Crippen molar-refractivity contribution in [3.63, 3.8) is 0 Å². The number of hydrogen-bond donors (Lipinski definition) is 1. The van der Waals surface area contributed by atoms with Gasteiger partial charge in [-0.05, 0) is 55.0 Å². The quantitative estimate of drug-likeness (QED) is 0.673. The van der Waals surface area contributed by atoms with Crippen LogP contribution in [0.3, 0.4) is 0 Å². The lowest BCUT2D eigenvalue weighted by atomic mass is 10.0. The van der Waals surface area contributed by atoms with Crippen molar-refractivity contribution in [1.29, 1.82) is 0 Å². The molecule has 0 aromatic heterocycles. The lowest BCUT2D eigenvalue weighted by Gasteiger charge is -2.22. The SMILES string of the molecule is COC(=O)c1ccc(NC(=O)C=CC2=Cc3ccccc3OC2C)cc1. The molecule has 0 spiro atoms. The second kappa shape index (κ2) is 7.70. The Hall–Kier alpha value is -3.34. The van der Waals surface area contributed by atoms with Crippen molar-refractivity contribution < 1.29 is 19.1 Å². The number of nitrogens with one attached hydrogen (secondary N) is 1. The Morgan fingerprint density at radius 2 is 1.85 bits per heavy atom. The summed E-state index contributed by atoms with van der Waals surface area (Å²) in [6, 6.07) is 14.3. The van der Waals surface area contributed by atoms with Gasteiger partial charge < -0.3 is 14.8 Å². The molecule has 2 aromatic rings. The van der Waals surface area contributed by atoms with Crippen LogP contribution >= 0.6 is 0 Å². The number of carbonyl (C=O) groups is 2. The summed E-state index contributed by atoms with van der Waals surface area (Å²) >= 11 is 0. The predicted molar refractivity (Wildman–Crippen MR) is 100 cm³/mol. The number of methoxy groups -OCH3 is 1. The summed E-state index contributed by atoms with van der Waals surface area (Å²) in [4.78, 5) is 23.5. The van der Waals surface area contributed by atoms with E-state index in [1.54, 1.807) is 30.3 Å². The van der Waals surface area contributed by atoms with Crippen molar-refractivity contribution in [2.75, 3.05) is 12.4 Å². The van der Waals surface area contributed by atoms with Crippen LogP contribution in [0.5, 0.6) is 5.75 Å². The van der Waals surface area contributed by atoms with Crippen molar-refractivity contribution in [3.8, 4) is 5.75 Å². The van der Waals surface area contributed by atoms with Gasteiger partial charge in [-0.15, -0.1) is 0 Å². The molecule has 0 saturated carbocycles. The third-order valence-corrected chi connectivity index (χ3v) is 4.02. The number of ether oxygens (including phenoxy) is 2. The normalized spacial score (nSPS) is 15.6. The fraction of sp³-hybridized carbons (Fsp3) is 0.143. The molecule has 5 nitrogen and oxygen atoms in total. The van der Waals surface area contributed by atoms with Gasteiger partial charge in [0.15, 0.2) is 0 Å². The summed E-state index contributed by atoms with van der Waals surface area (Å²) in [7, 11) is 1.33. The molecular weight excluding hydrogens is 330 g/mol. The summed E-state index contributed by atoms with van der Waals surface area (Å²) in [6.07, 6.45) is 5.10. The monoisotopic (exact) mass is 349 g/mol. The first-order chi connectivity index (χ1) is 12.6. The molecule has 1 atom stereocenters. The van der Waals surface area contributed by atoms with Gasteiger partial charge in [0.25, 0.3) is 0 Å². The van der Waals surface area contributed by atoms with E-state index in [1.807, 2.05) is 37.3 Å². The van der Waals surface area contributed by atoms with Gasteiger partial charge in [0.05, 0.1) is 12.7 Å². The third-order valence-electron chi connectivity index (χ3n) is 4.02. The summed E-state index contributed by atoms with van der Waals surface area (Å²) < 4.78 is 10.5. The van der Waals surface area contributed by atoms with Gasteiger partial charge in [-0.3, -0.25) is 4.79 Å². The molecule has 132 valence electrons. The maximum atomic E-state index is 12.1. The van der Waals surface area contributed by atoms with E-state index in [0.29, 0.717) is 11.3 Å². The molecule has 0 saturated heterocycles.